The molecular weight excluding hydrogens is 207 g/mol. The molecule has 1 aromatic rings. The van der Waals surface area contributed by atoms with Crippen LogP contribution in [-0.2, 0) is 11.2 Å². The van der Waals surface area contributed by atoms with Gasteiger partial charge in [-0.15, -0.1) is 0 Å². The molecule has 14 heavy (non-hydrogen) atoms. The fourth-order valence-electron chi connectivity index (χ4n) is 1.16. The summed E-state index contributed by atoms with van der Waals surface area (Å²) in [6.45, 7) is 1.46. The van der Waals surface area contributed by atoms with E-state index in [0.29, 0.717) is 5.56 Å². The van der Waals surface area contributed by atoms with Crippen molar-refractivity contribution in [2.75, 3.05) is 7.11 Å². The van der Waals surface area contributed by atoms with E-state index in [9.17, 15) is 9.18 Å². The smallest absolute Gasteiger partial charge is 0.183 e. The fraction of sp³-hybridized carbons (Fsp3) is 0.300. The minimum Gasteiger partial charge on any atom is -0.494 e. The third-order valence-electron chi connectivity index (χ3n) is 1.73. The summed E-state index contributed by atoms with van der Waals surface area (Å²) >= 11 is 5.61. The van der Waals surface area contributed by atoms with Crippen LogP contribution in [0.5, 0.6) is 5.75 Å². The largest absolute Gasteiger partial charge is 0.494 e. The van der Waals surface area contributed by atoms with Gasteiger partial charge in [-0.3, -0.25) is 4.79 Å². The van der Waals surface area contributed by atoms with Crippen LogP contribution in [0, 0.1) is 5.82 Å². The molecule has 1 rings (SSSR count). The van der Waals surface area contributed by atoms with E-state index >= 15 is 0 Å². The number of ether oxygens (including phenoxy) is 1. The topological polar surface area (TPSA) is 26.3 Å². The lowest BCUT2D eigenvalue weighted by Crippen LogP contribution is -1.98. The molecule has 0 aliphatic heterocycles. The number of carbonyl (C=O) groups excluding carboxylic acids is 1. The summed E-state index contributed by atoms with van der Waals surface area (Å²) in [5, 5.41) is -0.0272. The van der Waals surface area contributed by atoms with E-state index in [1.807, 2.05) is 0 Å². The molecule has 0 N–H and O–H groups in total. The zero-order valence-corrected chi connectivity index (χ0v) is 8.69. The van der Waals surface area contributed by atoms with Gasteiger partial charge in [0.2, 0.25) is 0 Å². The Labute approximate surface area is 86.6 Å². The van der Waals surface area contributed by atoms with E-state index in [1.165, 1.54) is 26.2 Å². The Morgan fingerprint density at radius 2 is 2.21 bits per heavy atom. The van der Waals surface area contributed by atoms with Gasteiger partial charge < -0.3 is 4.74 Å². The molecule has 0 aliphatic carbocycles. The summed E-state index contributed by atoms with van der Waals surface area (Å²) in [4.78, 5) is 10.8. The second-order valence-corrected chi connectivity index (χ2v) is 3.38. The molecule has 4 heteroatoms. The molecule has 0 fully saturated rings. The molecule has 0 aromatic heterocycles. The van der Waals surface area contributed by atoms with E-state index in [-0.39, 0.29) is 23.0 Å². The quantitative estimate of drug-likeness (QED) is 0.777. The van der Waals surface area contributed by atoms with Crippen molar-refractivity contribution in [3.63, 3.8) is 0 Å². The second kappa shape index (κ2) is 4.42. The third-order valence-corrected chi connectivity index (χ3v) is 2.00. The van der Waals surface area contributed by atoms with E-state index in [2.05, 4.69) is 0 Å². The molecule has 0 spiro atoms. The van der Waals surface area contributed by atoms with Crippen LogP contribution in [0.25, 0.3) is 0 Å². The lowest BCUT2D eigenvalue weighted by atomic mass is 10.1. The van der Waals surface area contributed by atoms with Crippen molar-refractivity contribution in [1.82, 2.24) is 0 Å². The predicted octanol–water partition coefficient (Wildman–Crippen LogP) is 2.62. The van der Waals surface area contributed by atoms with Crippen LogP contribution in [0.1, 0.15) is 12.5 Å². The lowest BCUT2D eigenvalue weighted by molar-refractivity contribution is -0.116. The molecule has 0 unspecified atom stereocenters. The van der Waals surface area contributed by atoms with Crippen molar-refractivity contribution in [2.24, 2.45) is 0 Å². The van der Waals surface area contributed by atoms with E-state index in [1.54, 1.807) is 0 Å². The maximum absolute atomic E-state index is 13.2. The summed E-state index contributed by atoms with van der Waals surface area (Å²) < 4.78 is 18.0. The molecule has 0 atom stereocenters. The Hall–Kier alpha value is -1.09. The average Bonchev–Trinajstić information content (AvgIpc) is 2.10. The molecule has 0 amide bonds. The summed E-state index contributed by atoms with van der Waals surface area (Å²) in [6, 6.07) is 2.91. The molecule has 2 nitrogen and oxygen atoms in total. The first-order valence-corrected chi connectivity index (χ1v) is 4.43. The Bertz CT molecular complexity index is 363. The van der Waals surface area contributed by atoms with E-state index < -0.39 is 5.82 Å². The summed E-state index contributed by atoms with van der Waals surface area (Å²) in [6.07, 6.45) is 0.232. The second-order valence-electron chi connectivity index (χ2n) is 2.97. The molecular formula is C10H10ClFO2. The van der Waals surface area contributed by atoms with Gasteiger partial charge in [0.25, 0.3) is 0 Å². The molecule has 0 saturated heterocycles. The summed E-state index contributed by atoms with van der Waals surface area (Å²) in [5.74, 6) is -0.537. The van der Waals surface area contributed by atoms with Gasteiger partial charge in [0, 0.05) is 6.42 Å². The molecule has 0 aliphatic rings. The van der Waals surface area contributed by atoms with Gasteiger partial charge in [-0.1, -0.05) is 11.6 Å². The highest BCUT2D eigenvalue weighted by atomic mass is 35.5. The fourth-order valence-corrected chi connectivity index (χ4v) is 1.39. The first kappa shape index (κ1) is 11.0. The first-order chi connectivity index (χ1) is 6.54. The minimum absolute atomic E-state index is 0.00488. The predicted molar refractivity (Wildman–Crippen MR) is 52.3 cm³/mol. The number of methoxy groups -OCH3 is 1. The molecule has 0 bridgehead atoms. The van der Waals surface area contributed by atoms with Crippen LogP contribution < -0.4 is 4.74 Å². The van der Waals surface area contributed by atoms with Crippen molar-refractivity contribution in [3.8, 4) is 5.75 Å². The van der Waals surface area contributed by atoms with Crippen LogP contribution in [0.3, 0.4) is 0 Å². The number of ketones is 1. The number of rotatable bonds is 3. The number of hydrogen-bond donors (Lipinski definition) is 0. The van der Waals surface area contributed by atoms with Crippen molar-refractivity contribution in [1.29, 1.82) is 0 Å². The van der Waals surface area contributed by atoms with Gasteiger partial charge in [-0.25, -0.2) is 4.39 Å². The summed E-state index contributed by atoms with van der Waals surface area (Å²) in [7, 11) is 1.35. The maximum atomic E-state index is 13.2. The maximum Gasteiger partial charge on any atom is 0.183 e. The van der Waals surface area contributed by atoms with Crippen molar-refractivity contribution in [3.05, 3.63) is 28.5 Å². The highest BCUT2D eigenvalue weighted by Gasteiger charge is 2.10. The number of Topliss-reactive ketones (excluding diaryl/α,β-unsaturated/α-hetero) is 1. The van der Waals surface area contributed by atoms with Gasteiger partial charge in [-0.05, 0) is 24.6 Å². The van der Waals surface area contributed by atoms with Gasteiger partial charge in [-0.2, -0.15) is 0 Å². The van der Waals surface area contributed by atoms with Gasteiger partial charge in [0.15, 0.2) is 11.6 Å². The van der Waals surface area contributed by atoms with Crippen molar-refractivity contribution >= 4 is 17.4 Å². The number of benzene rings is 1. The van der Waals surface area contributed by atoms with Gasteiger partial charge in [0.05, 0.1) is 12.1 Å². The first-order valence-electron chi connectivity index (χ1n) is 4.06. The zero-order chi connectivity index (χ0) is 10.7. The molecule has 1 aromatic carbocycles. The molecule has 0 radical (unpaired) electrons. The van der Waals surface area contributed by atoms with Crippen molar-refractivity contribution < 1.29 is 13.9 Å². The minimum atomic E-state index is -0.596. The van der Waals surface area contributed by atoms with Crippen LogP contribution in [0.2, 0.25) is 5.02 Å². The number of hydrogen-bond acceptors (Lipinski definition) is 2. The highest BCUT2D eigenvalue weighted by Crippen LogP contribution is 2.26. The molecule has 0 heterocycles. The van der Waals surface area contributed by atoms with E-state index in [0.717, 1.165) is 0 Å². The zero-order valence-electron chi connectivity index (χ0n) is 7.93. The Morgan fingerprint density at radius 1 is 1.57 bits per heavy atom. The Balaban J connectivity index is 3.09. The van der Waals surface area contributed by atoms with Crippen molar-refractivity contribution in [2.45, 2.75) is 13.3 Å². The van der Waals surface area contributed by atoms with Crippen LogP contribution in [0.15, 0.2) is 12.1 Å². The van der Waals surface area contributed by atoms with Crippen LogP contribution >= 0.6 is 11.6 Å². The molecule has 0 saturated carbocycles. The Kier molecular flexibility index (Phi) is 3.47. The average molecular weight is 217 g/mol. The normalized spacial score (nSPS) is 10.0. The standard InChI is InChI=1S/C10H10ClFO2/c1-6(13)3-7-4-8(11)10(12)9(5-7)14-2/h4-5H,3H2,1-2H3. The lowest BCUT2D eigenvalue weighted by Gasteiger charge is -2.06. The van der Waals surface area contributed by atoms with Crippen LogP contribution in [-0.4, -0.2) is 12.9 Å². The Morgan fingerprint density at radius 3 is 2.71 bits per heavy atom. The van der Waals surface area contributed by atoms with Crippen LogP contribution in [0.4, 0.5) is 4.39 Å². The third kappa shape index (κ3) is 2.45. The highest BCUT2D eigenvalue weighted by molar-refractivity contribution is 6.31. The van der Waals surface area contributed by atoms with Gasteiger partial charge in [0.1, 0.15) is 5.78 Å². The molecule has 76 valence electrons. The monoisotopic (exact) mass is 216 g/mol. The number of halogens is 2. The SMILES string of the molecule is COc1cc(CC(C)=O)cc(Cl)c1F. The summed E-state index contributed by atoms with van der Waals surface area (Å²) in [5.41, 5.74) is 0.653. The van der Waals surface area contributed by atoms with E-state index in [4.69, 9.17) is 16.3 Å². The number of carbonyl (C=O) groups is 1. The van der Waals surface area contributed by atoms with Gasteiger partial charge >= 0.3 is 0 Å².